The van der Waals surface area contributed by atoms with Crippen LogP contribution in [-0.2, 0) is 11.2 Å². The van der Waals surface area contributed by atoms with Crippen molar-refractivity contribution < 1.29 is 9.53 Å². The standard InChI is InChI=1S/C27H27N7O2/c28-14-19(15-29)27(35)34-12-4-5-20(34)13-18-16-33-25(23(24(18)30)26(31)32)17-8-10-22(11-9-17)36-21-6-2-1-3-7-21/h1-3,6-11,14,16,20H,4-5,12-13,28H2,(H2,30,33)(H3,31,32)/b19-14+. The van der Waals surface area contributed by atoms with E-state index in [1.165, 1.54) is 0 Å². The van der Waals surface area contributed by atoms with E-state index in [1.807, 2.05) is 60.7 Å². The van der Waals surface area contributed by atoms with Gasteiger partial charge in [0.2, 0.25) is 0 Å². The minimum Gasteiger partial charge on any atom is -0.457 e. The number of carbonyl (C=O) groups excluding carboxylic acids is 1. The molecule has 0 spiro atoms. The first-order valence-corrected chi connectivity index (χ1v) is 11.5. The lowest BCUT2D eigenvalue weighted by molar-refractivity contribution is -0.127. The normalized spacial score (nSPS) is 15.4. The van der Waals surface area contributed by atoms with Gasteiger partial charge in [0.05, 0.1) is 11.3 Å². The van der Waals surface area contributed by atoms with Crippen LogP contribution in [0.1, 0.15) is 24.0 Å². The number of nitriles is 1. The molecule has 9 heteroatoms. The summed E-state index contributed by atoms with van der Waals surface area (Å²) in [5.74, 6) is 0.798. The Balaban J connectivity index is 1.59. The number of hydrogen-bond donors (Lipinski definition) is 4. The average molecular weight is 482 g/mol. The van der Waals surface area contributed by atoms with E-state index < -0.39 is 5.91 Å². The number of amides is 1. The number of nitrogen functional groups attached to an aromatic ring is 2. The van der Waals surface area contributed by atoms with Gasteiger partial charge < -0.3 is 26.8 Å². The second kappa shape index (κ2) is 10.6. The van der Waals surface area contributed by atoms with Crippen LogP contribution in [0, 0.1) is 16.7 Å². The van der Waals surface area contributed by atoms with Crippen molar-refractivity contribution in [3.8, 4) is 28.8 Å². The SMILES string of the molecule is N#C/C(=C\N)C(=O)N1CCCC1Cc1cnc(-c2ccc(Oc3ccccc3)cc2)c(C(=N)N)c1N. The number of aromatic nitrogens is 1. The lowest BCUT2D eigenvalue weighted by Gasteiger charge is -2.25. The number of nitrogens with two attached hydrogens (primary N) is 3. The highest BCUT2D eigenvalue weighted by Gasteiger charge is 2.31. The number of para-hydroxylation sites is 1. The first kappa shape index (κ1) is 24.3. The van der Waals surface area contributed by atoms with Crippen LogP contribution in [0.15, 0.2) is 72.6 Å². The molecule has 1 fully saturated rings. The van der Waals surface area contributed by atoms with Gasteiger partial charge >= 0.3 is 0 Å². The topological polar surface area (TPSA) is 168 Å². The van der Waals surface area contributed by atoms with E-state index >= 15 is 0 Å². The number of carbonyl (C=O) groups is 1. The number of anilines is 1. The Morgan fingerprint density at radius 1 is 1.19 bits per heavy atom. The van der Waals surface area contributed by atoms with Gasteiger partial charge in [-0.2, -0.15) is 5.26 Å². The van der Waals surface area contributed by atoms with Gasteiger partial charge in [0.1, 0.15) is 29.0 Å². The number of amidine groups is 1. The summed E-state index contributed by atoms with van der Waals surface area (Å²) in [6, 6.07) is 18.5. The summed E-state index contributed by atoms with van der Waals surface area (Å²) in [7, 11) is 0. The molecule has 0 bridgehead atoms. The maximum atomic E-state index is 12.7. The van der Waals surface area contributed by atoms with E-state index in [2.05, 4.69) is 4.98 Å². The monoisotopic (exact) mass is 481 g/mol. The number of pyridine rings is 1. The number of hydrogen-bond acceptors (Lipinski definition) is 7. The van der Waals surface area contributed by atoms with Crippen molar-refractivity contribution in [1.29, 1.82) is 10.7 Å². The Morgan fingerprint density at radius 2 is 1.89 bits per heavy atom. The van der Waals surface area contributed by atoms with Gasteiger partial charge in [-0.3, -0.25) is 15.2 Å². The summed E-state index contributed by atoms with van der Waals surface area (Å²) >= 11 is 0. The predicted octanol–water partition coefficient (Wildman–Crippen LogP) is 3.31. The fraction of sp³-hybridized carbons (Fsp3) is 0.185. The van der Waals surface area contributed by atoms with Gasteiger partial charge in [0.15, 0.2) is 0 Å². The molecule has 9 nitrogen and oxygen atoms in total. The fourth-order valence-electron chi connectivity index (χ4n) is 4.40. The summed E-state index contributed by atoms with van der Waals surface area (Å²) in [4.78, 5) is 18.9. The van der Waals surface area contributed by atoms with Crippen molar-refractivity contribution in [3.05, 3.63) is 83.7 Å². The summed E-state index contributed by atoms with van der Waals surface area (Å²) < 4.78 is 5.85. The van der Waals surface area contributed by atoms with Gasteiger partial charge in [-0.1, -0.05) is 18.2 Å². The molecule has 1 aliphatic heterocycles. The molecule has 1 saturated heterocycles. The molecule has 1 aromatic heterocycles. The number of nitrogens with zero attached hydrogens (tertiary/aromatic N) is 3. The van der Waals surface area contributed by atoms with Crippen molar-refractivity contribution in [2.24, 2.45) is 11.5 Å². The summed E-state index contributed by atoms with van der Waals surface area (Å²) in [5, 5.41) is 17.3. The molecule has 3 aromatic rings. The smallest absolute Gasteiger partial charge is 0.266 e. The van der Waals surface area contributed by atoms with Gasteiger partial charge in [-0.15, -0.1) is 0 Å². The van der Waals surface area contributed by atoms with Crippen molar-refractivity contribution in [3.63, 3.8) is 0 Å². The molecule has 2 aromatic carbocycles. The number of rotatable bonds is 7. The maximum absolute atomic E-state index is 12.7. The molecule has 1 atom stereocenters. The molecular weight excluding hydrogens is 454 g/mol. The second-order valence-corrected chi connectivity index (χ2v) is 8.46. The van der Waals surface area contributed by atoms with E-state index in [-0.39, 0.29) is 17.5 Å². The van der Waals surface area contributed by atoms with Crippen LogP contribution >= 0.6 is 0 Å². The van der Waals surface area contributed by atoms with Crippen molar-refractivity contribution in [2.75, 3.05) is 12.3 Å². The lowest BCUT2D eigenvalue weighted by atomic mass is 9.97. The van der Waals surface area contributed by atoms with Crippen molar-refractivity contribution >= 4 is 17.4 Å². The molecule has 0 aliphatic carbocycles. The lowest BCUT2D eigenvalue weighted by Crippen LogP contribution is -2.38. The van der Waals surface area contributed by atoms with Gasteiger partial charge in [0.25, 0.3) is 5.91 Å². The molecular formula is C27H27N7O2. The third kappa shape index (κ3) is 4.98. The van der Waals surface area contributed by atoms with Crippen LogP contribution < -0.4 is 21.9 Å². The maximum Gasteiger partial charge on any atom is 0.266 e. The highest BCUT2D eigenvalue weighted by molar-refractivity contribution is 6.05. The number of nitrogens with one attached hydrogen (secondary N) is 1. The quantitative estimate of drug-likeness (QED) is 0.174. The summed E-state index contributed by atoms with van der Waals surface area (Å²) in [5.41, 5.74) is 20.4. The van der Waals surface area contributed by atoms with Crippen LogP contribution in [-0.4, -0.2) is 34.2 Å². The van der Waals surface area contributed by atoms with Crippen LogP contribution in [0.25, 0.3) is 11.3 Å². The molecule has 36 heavy (non-hydrogen) atoms. The Hall–Kier alpha value is -4.84. The van der Waals surface area contributed by atoms with E-state index in [1.54, 1.807) is 11.1 Å². The largest absolute Gasteiger partial charge is 0.457 e. The summed E-state index contributed by atoms with van der Waals surface area (Å²) in [6.45, 7) is 0.533. The van der Waals surface area contributed by atoms with E-state index in [9.17, 15) is 10.1 Å². The number of benzene rings is 2. The van der Waals surface area contributed by atoms with E-state index in [4.69, 9.17) is 27.3 Å². The minimum atomic E-state index is -0.393. The first-order chi connectivity index (χ1) is 17.4. The molecule has 4 rings (SSSR count). The summed E-state index contributed by atoms with van der Waals surface area (Å²) in [6.07, 6.45) is 4.69. The van der Waals surface area contributed by atoms with Gasteiger partial charge in [-0.05, 0) is 61.2 Å². The van der Waals surface area contributed by atoms with E-state index in [0.29, 0.717) is 41.2 Å². The Bertz CT molecular complexity index is 1350. The Labute approximate surface area is 209 Å². The molecule has 2 heterocycles. The van der Waals surface area contributed by atoms with Crippen LogP contribution in [0.4, 0.5) is 5.69 Å². The molecule has 1 amide bonds. The molecule has 0 saturated carbocycles. The zero-order valence-corrected chi connectivity index (χ0v) is 19.6. The third-order valence-corrected chi connectivity index (χ3v) is 6.19. The van der Waals surface area contributed by atoms with E-state index in [0.717, 1.165) is 30.4 Å². The fourth-order valence-corrected chi connectivity index (χ4v) is 4.40. The van der Waals surface area contributed by atoms with Crippen LogP contribution in [0.3, 0.4) is 0 Å². The van der Waals surface area contributed by atoms with Crippen molar-refractivity contribution in [2.45, 2.75) is 25.3 Å². The second-order valence-electron chi connectivity index (χ2n) is 8.46. The average Bonchev–Trinajstić information content (AvgIpc) is 3.35. The molecule has 0 radical (unpaired) electrons. The molecule has 182 valence electrons. The molecule has 7 N–H and O–H groups in total. The van der Waals surface area contributed by atoms with Crippen LogP contribution in [0.5, 0.6) is 11.5 Å². The predicted molar refractivity (Wildman–Crippen MR) is 138 cm³/mol. The Morgan fingerprint density at radius 3 is 2.53 bits per heavy atom. The third-order valence-electron chi connectivity index (χ3n) is 6.19. The zero-order valence-electron chi connectivity index (χ0n) is 19.6. The highest BCUT2D eigenvalue weighted by Crippen LogP contribution is 2.32. The Kier molecular flexibility index (Phi) is 7.16. The first-order valence-electron chi connectivity index (χ1n) is 11.5. The molecule has 1 unspecified atom stereocenters. The van der Waals surface area contributed by atoms with Crippen molar-refractivity contribution in [1.82, 2.24) is 9.88 Å². The minimum absolute atomic E-state index is 0.0903. The molecule has 1 aliphatic rings. The van der Waals surface area contributed by atoms with Gasteiger partial charge in [-0.25, -0.2) is 0 Å². The number of likely N-dealkylation sites (tertiary alicyclic amines) is 1. The van der Waals surface area contributed by atoms with Crippen LogP contribution in [0.2, 0.25) is 0 Å². The number of ether oxygens (including phenoxy) is 1. The van der Waals surface area contributed by atoms with Gasteiger partial charge in [0, 0.05) is 36.2 Å². The zero-order chi connectivity index (χ0) is 25.7. The highest BCUT2D eigenvalue weighted by atomic mass is 16.5.